The minimum absolute atomic E-state index is 0.00711. The van der Waals surface area contributed by atoms with Gasteiger partial charge in [0.15, 0.2) is 0 Å². The maximum atomic E-state index is 11.5. The van der Waals surface area contributed by atoms with Crippen molar-refractivity contribution in [2.45, 2.75) is 26.3 Å². The van der Waals surface area contributed by atoms with Gasteiger partial charge in [-0.1, -0.05) is 12.0 Å². The summed E-state index contributed by atoms with van der Waals surface area (Å²) in [5, 5.41) is 2.85. The van der Waals surface area contributed by atoms with E-state index in [0.29, 0.717) is 13.1 Å². The highest BCUT2D eigenvalue weighted by Crippen LogP contribution is 2.09. The molecule has 1 heterocycles. The standard InChI is InChI=1S/C11H16N2O/c1-4-10-5-7-13(8-6-10)11(14)12-9(2)3/h1,5,9H,6-8H2,2-3H3,(H,12,14). The lowest BCUT2D eigenvalue weighted by Gasteiger charge is -2.26. The smallest absolute Gasteiger partial charge is 0.317 e. The van der Waals surface area contributed by atoms with Crippen LogP contribution in [0, 0.1) is 12.3 Å². The predicted molar refractivity (Wildman–Crippen MR) is 56.8 cm³/mol. The third-order valence-electron chi connectivity index (χ3n) is 2.09. The van der Waals surface area contributed by atoms with Crippen LogP contribution in [0.15, 0.2) is 11.6 Å². The Bertz CT molecular complexity index is 286. The molecule has 0 aromatic rings. The summed E-state index contributed by atoms with van der Waals surface area (Å²) < 4.78 is 0. The van der Waals surface area contributed by atoms with Gasteiger partial charge < -0.3 is 10.2 Å². The molecule has 0 fully saturated rings. The number of carbonyl (C=O) groups is 1. The fourth-order valence-electron chi connectivity index (χ4n) is 1.32. The van der Waals surface area contributed by atoms with E-state index in [1.165, 1.54) is 0 Å². The molecular formula is C11H16N2O. The van der Waals surface area contributed by atoms with Crippen LogP contribution in [0.5, 0.6) is 0 Å². The molecule has 0 aliphatic carbocycles. The van der Waals surface area contributed by atoms with Crippen LogP contribution in [0.25, 0.3) is 0 Å². The van der Waals surface area contributed by atoms with Crippen molar-refractivity contribution in [1.82, 2.24) is 10.2 Å². The van der Waals surface area contributed by atoms with Crippen LogP contribution in [0.4, 0.5) is 4.79 Å². The van der Waals surface area contributed by atoms with Gasteiger partial charge in [0, 0.05) is 24.7 Å². The fraction of sp³-hybridized carbons (Fsp3) is 0.545. The first-order chi connectivity index (χ1) is 6.63. The van der Waals surface area contributed by atoms with Crippen LogP contribution in [0.1, 0.15) is 20.3 Å². The van der Waals surface area contributed by atoms with Crippen LogP contribution in [0.3, 0.4) is 0 Å². The second-order valence-electron chi connectivity index (χ2n) is 3.67. The number of hydrogen-bond acceptors (Lipinski definition) is 1. The van der Waals surface area contributed by atoms with Gasteiger partial charge in [-0.3, -0.25) is 0 Å². The number of urea groups is 1. The van der Waals surface area contributed by atoms with E-state index in [1.807, 2.05) is 19.9 Å². The summed E-state index contributed by atoms with van der Waals surface area (Å²) in [5.74, 6) is 2.61. The number of nitrogens with zero attached hydrogens (tertiary/aromatic N) is 1. The quantitative estimate of drug-likeness (QED) is 0.625. The molecule has 1 N–H and O–H groups in total. The minimum Gasteiger partial charge on any atom is -0.336 e. The highest BCUT2D eigenvalue weighted by atomic mass is 16.2. The van der Waals surface area contributed by atoms with Crippen LogP contribution in [-0.4, -0.2) is 30.1 Å². The second-order valence-corrected chi connectivity index (χ2v) is 3.67. The molecule has 0 atom stereocenters. The molecule has 0 spiro atoms. The lowest BCUT2D eigenvalue weighted by molar-refractivity contribution is 0.199. The molecule has 0 aromatic carbocycles. The van der Waals surface area contributed by atoms with Crippen LogP contribution in [-0.2, 0) is 0 Å². The summed E-state index contributed by atoms with van der Waals surface area (Å²) in [4.78, 5) is 13.3. The first-order valence-corrected chi connectivity index (χ1v) is 4.84. The molecule has 14 heavy (non-hydrogen) atoms. The zero-order chi connectivity index (χ0) is 10.6. The van der Waals surface area contributed by atoms with Crippen LogP contribution in [0.2, 0.25) is 0 Å². The number of rotatable bonds is 1. The molecule has 3 heteroatoms. The topological polar surface area (TPSA) is 32.3 Å². The molecule has 0 saturated heterocycles. The molecule has 1 rings (SSSR count). The van der Waals surface area contributed by atoms with Crippen LogP contribution < -0.4 is 5.32 Å². The molecule has 1 aliphatic rings. The third-order valence-corrected chi connectivity index (χ3v) is 2.09. The summed E-state index contributed by atoms with van der Waals surface area (Å²) in [6.45, 7) is 5.24. The number of amides is 2. The Morgan fingerprint density at radius 3 is 2.86 bits per heavy atom. The summed E-state index contributed by atoms with van der Waals surface area (Å²) >= 11 is 0. The van der Waals surface area contributed by atoms with Crippen molar-refractivity contribution in [2.75, 3.05) is 13.1 Å². The Morgan fingerprint density at radius 2 is 2.43 bits per heavy atom. The van der Waals surface area contributed by atoms with Crippen molar-refractivity contribution in [3.05, 3.63) is 11.6 Å². The number of nitrogens with one attached hydrogen (secondary N) is 1. The largest absolute Gasteiger partial charge is 0.336 e. The average Bonchev–Trinajstić information content (AvgIpc) is 2.17. The maximum Gasteiger partial charge on any atom is 0.317 e. The van der Waals surface area contributed by atoms with Gasteiger partial charge in [-0.25, -0.2) is 4.79 Å². The molecule has 0 bridgehead atoms. The Kier molecular flexibility index (Phi) is 3.58. The van der Waals surface area contributed by atoms with E-state index in [-0.39, 0.29) is 12.1 Å². The molecular weight excluding hydrogens is 176 g/mol. The zero-order valence-electron chi connectivity index (χ0n) is 8.71. The van der Waals surface area contributed by atoms with E-state index in [1.54, 1.807) is 4.90 Å². The average molecular weight is 192 g/mol. The van der Waals surface area contributed by atoms with Gasteiger partial charge in [-0.2, -0.15) is 0 Å². The predicted octanol–water partition coefficient (Wildman–Crippen LogP) is 1.37. The lowest BCUT2D eigenvalue weighted by Crippen LogP contribution is -2.44. The molecule has 76 valence electrons. The van der Waals surface area contributed by atoms with Crippen molar-refractivity contribution < 1.29 is 4.79 Å². The van der Waals surface area contributed by atoms with E-state index in [9.17, 15) is 4.79 Å². The van der Waals surface area contributed by atoms with E-state index >= 15 is 0 Å². The van der Waals surface area contributed by atoms with Crippen LogP contribution >= 0.6 is 0 Å². The molecule has 3 nitrogen and oxygen atoms in total. The molecule has 1 aliphatic heterocycles. The molecule has 2 amide bonds. The van der Waals surface area contributed by atoms with Gasteiger partial charge in [0.25, 0.3) is 0 Å². The monoisotopic (exact) mass is 192 g/mol. The lowest BCUT2D eigenvalue weighted by atomic mass is 10.1. The first-order valence-electron chi connectivity index (χ1n) is 4.84. The number of terminal acetylenes is 1. The highest BCUT2D eigenvalue weighted by molar-refractivity contribution is 5.74. The summed E-state index contributed by atoms with van der Waals surface area (Å²) in [5.41, 5.74) is 0.999. The van der Waals surface area contributed by atoms with Crippen molar-refractivity contribution >= 4 is 6.03 Å². The summed E-state index contributed by atoms with van der Waals surface area (Å²) in [7, 11) is 0. The van der Waals surface area contributed by atoms with Gasteiger partial charge in [0.2, 0.25) is 0 Å². The van der Waals surface area contributed by atoms with E-state index in [4.69, 9.17) is 6.42 Å². The molecule has 0 radical (unpaired) electrons. The van der Waals surface area contributed by atoms with E-state index in [0.717, 1.165) is 12.0 Å². The Balaban J connectivity index is 2.47. The van der Waals surface area contributed by atoms with Gasteiger partial charge >= 0.3 is 6.03 Å². The Hall–Kier alpha value is -1.43. The maximum absolute atomic E-state index is 11.5. The minimum atomic E-state index is -0.00711. The Labute approximate surface area is 85.2 Å². The van der Waals surface area contributed by atoms with Crippen molar-refractivity contribution in [1.29, 1.82) is 0 Å². The van der Waals surface area contributed by atoms with E-state index in [2.05, 4.69) is 11.2 Å². The van der Waals surface area contributed by atoms with Gasteiger partial charge in [-0.05, 0) is 20.3 Å². The van der Waals surface area contributed by atoms with E-state index < -0.39 is 0 Å². The SMILES string of the molecule is C#CC1=CCN(C(=O)NC(C)C)CC1. The summed E-state index contributed by atoms with van der Waals surface area (Å²) in [6.07, 6.45) is 8.00. The number of carbonyl (C=O) groups excluding carboxylic acids is 1. The van der Waals surface area contributed by atoms with Crippen molar-refractivity contribution in [3.63, 3.8) is 0 Å². The summed E-state index contributed by atoms with van der Waals surface area (Å²) in [6, 6.07) is 0.174. The van der Waals surface area contributed by atoms with Gasteiger partial charge in [-0.15, -0.1) is 6.42 Å². The molecule has 0 aromatic heterocycles. The Morgan fingerprint density at radius 1 is 1.71 bits per heavy atom. The fourth-order valence-corrected chi connectivity index (χ4v) is 1.32. The van der Waals surface area contributed by atoms with Crippen molar-refractivity contribution in [3.8, 4) is 12.3 Å². The zero-order valence-corrected chi connectivity index (χ0v) is 8.71. The number of hydrogen-bond donors (Lipinski definition) is 1. The normalized spacial score (nSPS) is 16.1. The molecule has 0 unspecified atom stereocenters. The third kappa shape index (κ3) is 2.81. The highest BCUT2D eigenvalue weighted by Gasteiger charge is 2.16. The van der Waals surface area contributed by atoms with Gasteiger partial charge in [0.05, 0.1) is 0 Å². The molecule has 0 saturated carbocycles. The second kappa shape index (κ2) is 4.71. The van der Waals surface area contributed by atoms with Crippen molar-refractivity contribution in [2.24, 2.45) is 0 Å². The van der Waals surface area contributed by atoms with Gasteiger partial charge in [0.1, 0.15) is 0 Å². The first kappa shape index (κ1) is 10.6.